The third-order valence-electron chi connectivity index (χ3n) is 3.82. The molecule has 2 aromatic heterocycles. The Kier molecular flexibility index (Phi) is 4.79. The minimum atomic E-state index is -4.76. The number of anilines is 1. The summed E-state index contributed by atoms with van der Waals surface area (Å²) in [5.41, 5.74) is -0.771. The largest absolute Gasteiger partial charge is 0.451 e. The summed E-state index contributed by atoms with van der Waals surface area (Å²) in [6.07, 6.45) is -9.32. The fraction of sp³-hybridized carbons (Fsp3) is 0.294. The Hall–Kier alpha value is -2.36. The Morgan fingerprint density at radius 1 is 1.00 bits per heavy atom. The fourth-order valence-corrected chi connectivity index (χ4v) is 3.68. The highest BCUT2D eigenvalue weighted by Crippen LogP contribution is 2.37. The van der Waals surface area contributed by atoms with Crippen molar-refractivity contribution < 1.29 is 26.3 Å². The van der Waals surface area contributed by atoms with E-state index in [-0.39, 0.29) is 23.4 Å². The molecule has 0 amide bonds. The maximum Gasteiger partial charge on any atom is 0.451 e. The molecule has 0 aliphatic heterocycles. The molecule has 0 spiro atoms. The molecule has 3 aromatic rings. The highest BCUT2D eigenvalue weighted by Gasteiger charge is 2.37. The van der Waals surface area contributed by atoms with E-state index in [9.17, 15) is 26.3 Å². The molecule has 2 heterocycles. The molecule has 1 aromatic carbocycles. The highest BCUT2D eigenvalue weighted by atomic mass is 32.1. The Balaban J connectivity index is 2.08. The first-order chi connectivity index (χ1) is 12.5. The summed E-state index contributed by atoms with van der Waals surface area (Å²) < 4.78 is 79.3. The standard InChI is InChI=1S/C17H13F6N3S/c1-9-7-12-13(27-9)14(25-15(24-12)17(21,22)23)26(2)8-10-5-3-4-6-11(10)16(18,19)20/h3-7H,8H2,1-2H3. The first kappa shape index (κ1) is 19.4. The maximum atomic E-state index is 13.2. The van der Waals surface area contributed by atoms with Crippen LogP contribution in [0.15, 0.2) is 30.3 Å². The van der Waals surface area contributed by atoms with E-state index in [0.29, 0.717) is 4.70 Å². The summed E-state index contributed by atoms with van der Waals surface area (Å²) in [5.74, 6) is -1.37. The van der Waals surface area contributed by atoms with E-state index in [4.69, 9.17) is 0 Å². The van der Waals surface area contributed by atoms with Crippen molar-refractivity contribution in [3.8, 4) is 0 Å². The second-order valence-electron chi connectivity index (χ2n) is 5.95. The molecule has 27 heavy (non-hydrogen) atoms. The molecule has 0 atom stereocenters. The number of aryl methyl sites for hydroxylation is 1. The smallest absolute Gasteiger partial charge is 0.354 e. The van der Waals surface area contributed by atoms with Crippen LogP contribution in [0.25, 0.3) is 10.2 Å². The van der Waals surface area contributed by atoms with Crippen molar-refractivity contribution >= 4 is 27.4 Å². The molecule has 0 saturated carbocycles. The van der Waals surface area contributed by atoms with Gasteiger partial charge in [0.05, 0.1) is 15.8 Å². The van der Waals surface area contributed by atoms with Crippen LogP contribution >= 0.6 is 11.3 Å². The van der Waals surface area contributed by atoms with E-state index in [0.717, 1.165) is 10.9 Å². The minimum absolute atomic E-state index is 0.0533. The van der Waals surface area contributed by atoms with E-state index in [2.05, 4.69) is 9.97 Å². The average molecular weight is 405 g/mol. The average Bonchev–Trinajstić information content (AvgIpc) is 2.92. The SMILES string of the molecule is Cc1cc2nc(C(F)(F)F)nc(N(C)Cc3ccccc3C(F)(F)F)c2s1. The highest BCUT2D eigenvalue weighted by molar-refractivity contribution is 7.19. The summed E-state index contributed by atoms with van der Waals surface area (Å²) in [6, 6.07) is 6.44. The first-order valence-corrected chi connectivity index (χ1v) is 8.50. The number of hydrogen-bond acceptors (Lipinski definition) is 4. The Labute approximate surface area is 154 Å². The van der Waals surface area contributed by atoms with Gasteiger partial charge in [0, 0.05) is 18.5 Å². The van der Waals surface area contributed by atoms with Crippen molar-refractivity contribution in [2.24, 2.45) is 0 Å². The van der Waals surface area contributed by atoms with Crippen LogP contribution in [-0.2, 0) is 18.9 Å². The number of thiophene rings is 1. The molecule has 0 radical (unpaired) electrons. The minimum Gasteiger partial charge on any atom is -0.354 e. The van der Waals surface area contributed by atoms with Crippen molar-refractivity contribution in [2.75, 3.05) is 11.9 Å². The van der Waals surface area contributed by atoms with Crippen LogP contribution in [0.2, 0.25) is 0 Å². The van der Waals surface area contributed by atoms with Gasteiger partial charge in [-0.2, -0.15) is 26.3 Å². The molecule has 144 valence electrons. The van der Waals surface area contributed by atoms with Crippen molar-refractivity contribution in [1.82, 2.24) is 9.97 Å². The molecule has 0 aliphatic carbocycles. The van der Waals surface area contributed by atoms with Crippen molar-refractivity contribution in [3.05, 3.63) is 52.2 Å². The first-order valence-electron chi connectivity index (χ1n) is 7.68. The van der Waals surface area contributed by atoms with Crippen LogP contribution in [0.5, 0.6) is 0 Å². The van der Waals surface area contributed by atoms with Crippen LogP contribution in [0.3, 0.4) is 0 Å². The van der Waals surface area contributed by atoms with Gasteiger partial charge in [-0.05, 0) is 24.6 Å². The molecule has 0 aliphatic rings. The second-order valence-corrected chi connectivity index (χ2v) is 7.21. The predicted octanol–water partition coefficient (Wildman–Crippen LogP) is 5.67. The zero-order valence-corrected chi connectivity index (χ0v) is 14.9. The lowest BCUT2D eigenvalue weighted by atomic mass is 10.1. The number of fused-ring (bicyclic) bond motifs is 1. The van der Waals surface area contributed by atoms with Gasteiger partial charge in [0.2, 0.25) is 5.82 Å². The van der Waals surface area contributed by atoms with Gasteiger partial charge < -0.3 is 4.90 Å². The molecule has 0 bridgehead atoms. The van der Waals surface area contributed by atoms with Crippen molar-refractivity contribution in [1.29, 1.82) is 0 Å². The van der Waals surface area contributed by atoms with Crippen LogP contribution in [-0.4, -0.2) is 17.0 Å². The molecule has 3 nitrogen and oxygen atoms in total. The monoisotopic (exact) mass is 405 g/mol. The fourth-order valence-electron chi connectivity index (χ4n) is 2.68. The lowest BCUT2D eigenvalue weighted by Gasteiger charge is -2.22. The van der Waals surface area contributed by atoms with E-state index < -0.39 is 23.7 Å². The van der Waals surface area contributed by atoms with Gasteiger partial charge in [0.15, 0.2) is 5.82 Å². The zero-order valence-electron chi connectivity index (χ0n) is 14.1. The summed E-state index contributed by atoms with van der Waals surface area (Å²) in [5, 5.41) is 0. The van der Waals surface area contributed by atoms with Crippen molar-refractivity contribution in [3.63, 3.8) is 0 Å². The molecule has 0 saturated heterocycles. The normalized spacial score (nSPS) is 12.6. The summed E-state index contributed by atoms with van der Waals surface area (Å²) in [4.78, 5) is 9.14. The van der Waals surface area contributed by atoms with Gasteiger partial charge in [-0.15, -0.1) is 11.3 Å². The van der Waals surface area contributed by atoms with Gasteiger partial charge >= 0.3 is 12.4 Å². The molecular formula is C17H13F6N3S. The van der Waals surface area contributed by atoms with E-state index in [1.165, 1.54) is 47.5 Å². The number of rotatable bonds is 3. The molecular weight excluding hydrogens is 392 g/mol. The summed E-state index contributed by atoms with van der Waals surface area (Å²) in [7, 11) is 1.41. The number of hydrogen-bond donors (Lipinski definition) is 0. The number of halogens is 6. The molecule has 10 heteroatoms. The lowest BCUT2D eigenvalue weighted by molar-refractivity contribution is -0.144. The van der Waals surface area contributed by atoms with E-state index in [1.807, 2.05) is 0 Å². The molecule has 0 unspecified atom stereocenters. The van der Waals surface area contributed by atoms with Gasteiger partial charge in [-0.1, -0.05) is 18.2 Å². The molecule has 0 N–H and O–H groups in total. The Morgan fingerprint density at radius 2 is 1.67 bits per heavy atom. The number of benzene rings is 1. The topological polar surface area (TPSA) is 29.0 Å². The Bertz CT molecular complexity index is 977. The second kappa shape index (κ2) is 6.66. The third-order valence-corrected chi connectivity index (χ3v) is 4.86. The summed E-state index contributed by atoms with van der Waals surface area (Å²) >= 11 is 1.19. The van der Waals surface area contributed by atoms with Gasteiger partial charge in [-0.3, -0.25) is 0 Å². The maximum absolute atomic E-state index is 13.2. The number of aromatic nitrogens is 2. The van der Waals surface area contributed by atoms with Crippen LogP contribution in [0.1, 0.15) is 21.8 Å². The summed E-state index contributed by atoms with van der Waals surface area (Å²) in [6.45, 7) is 1.46. The van der Waals surface area contributed by atoms with Gasteiger partial charge in [0.25, 0.3) is 0 Å². The molecule has 0 fully saturated rings. The zero-order chi connectivity index (χ0) is 20.0. The van der Waals surface area contributed by atoms with E-state index >= 15 is 0 Å². The van der Waals surface area contributed by atoms with Crippen molar-refractivity contribution in [2.45, 2.75) is 25.8 Å². The predicted molar refractivity (Wildman–Crippen MR) is 90.7 cm³/mol. The van der Waals surface area contributed by atoms with Crippen LogP contribution in [0, 0.1) is 6.92 Å². The van der Waals surface area contributed by atoms with Gasteiger partial charge in [0.1, 0.15) is 0 Å². The molecule has 3 rings (SSSR count). The van der Waals surface area contributed by atoms with Gasteiger partial charge in [-0.25, -0.2) is 9.97 Å². The van der Waals surface area contributed by atoms with E-state index in [1.54, 1.807) is 6.92 Å². The number of nitrogens with zero attached hydrogens (tertiary/aromatic N) is 3. The van der Waals surface area contributed by atoms with Crippen LogP contribution in [0.4, 0.5) is 32.2 Å². The Morgan fingerprint density at radius 3 is 2.30 bits per heavy atom. The van der Waals surface area contributed by atoms with Crippen LogP contribution < -0.4 is 4.90 Å². The lowest BCUT2D eigenvalue weighted by Crippen LogP contribution is -2.22. The third kappa shape index (κ3) is 4.00. The number of alkyl halides is 6. The quantitative estimate of drug-likeness (QED) is 0.526.